The van der Waals surface area contributed by atoms with Crippen molar-refractivity contribution >= 4 is 23.2 Å². The average molecular weight is 419 g/mol. The standard InChI is InChI=1S/C14H19F6N5OS/c1-3-21-12(23-6-11(26)25(2)8-13(15,16)17)22-5-4-10-24-9(7-27-10)14(18,19)20/h7H,3-6,8H2,1-2H3,(H2,21,22,23). The summed E-state index contributed by atoms with van der Waals surface area (Å²) in [6, 6.07) is 0. The molecule has 0 radical (unpaired) electrons. The molecule has 27 heavy (non-hydrogen) atoms. The molecular weight excluding hydrogens is 400 g/mol. The fraction of sp³-hybridized carbons (Fsp3) is 0.643. The fourth-order valence-corrected chi connectivity index (χ4v) is 2.61. The monoisotopic (exact) mass is 419 g/mol. The quantitative estimate of drug-likeness (QED) is 0.404. The molecule has 0 saturated heterocycles. The second-order valence-corrected chi connectivity index (χ2v) is 6.30. The van der Waals surface area contributed by atoms with Gasteiger partial charge in [0, 0.05) is 31.9 Å². The van der Waals surface area contributed by atoms with Gasteiger partial charge >= 0.3 is 12.4 Å². The Labute approximate surface area is 155 Å². The minimum absolute atomic E-state index is 0.166. The normalized spacial score (nSPS) is 12.8. The molecule has 0 bridgehead atoms. The van der Waals surface area contributed by atoms with Gasteiger partial charge in [0.2, 0.25) is 5.91 Å². The van der Waals surface area contributed by atoms with Gasteiger partial charge in [0.25, 0.3) is 0 Å². The number of amides is 1. The van der Waals surface area contributed by atoms with Crippen LogP contribution in [0.4, 0.5) is 26.3 Å². The first-order valence-corrected chi connectivity index (χ1v) is 8.65. The molecule has 0 aromatic carbocycles. The first-order chi connectivity index (χ1) is 12.4. The van der Waals surface area contributed by atoms with E-state index in [-0.39, 0.29) is 23.9 Å². The van der Waals surface area contributed by atoms with Crippen LogP contribution in [0.5, 0.6) is 0 Å². The molecule has 1 rings (SSSR count). The van der Waals surface area contributed by atoms with E-state index in [0.717, 1.165) is 23.8 Å². The number of aromatic nitrogens is 1. The zero-order valence-electron chi connectivity index (χ0n) is 14.5. The number of rotatable bonds is 7. The van der Waals surface area contributed by atoms with Crippen molar-refractivity contribution in [3.8, 4) is 0 Å². The molecule has 0 saturated carbocycles. The van der Waals surface area contributed by atoms with Gasteiger partial charge in [-0.15, -0.1) is 11.3 Å². The van der Waals surface area contributed by atoms with Crippen LogP contribution in [0.2, 0.25) is 0 Å². The van der Waals surface area contributed by atoms with Crippen molar-refractivity contribution < 1.29 is 31.1 Å². The molecule has 0 unspecified atom stereocenters. The van der Waals surface area contributed by atoms with Gasteiger partial charge < -0.3 is 15.5 Å². The molecule has 0 aliphatic carbocycles. The molecule has 0 fully saturated rings. The summed E-state index contributed by atoms with van der Waals surface area (Å²) < 4.78 is 74.2. The number of hydrogen-bond donors (Lipinski definition) is 2. The molecule has 1 aromatic rings. The minimum atomic E-state index is -4.50. The average Bonchev–Trinajstić information content (AvgIpc) is 2.99. The third-order valence-electron chi connectivity index (χ3n) is 3.03. The lowest BCUT2D eigenvalue weighted by Gasteiger charge is -2.18. The van der Waals surface area contributed by atoms with E-state index in [9.17, 15) is 31.1 Å². The lowest BCUT2D eigenvalue weighted by Crippen LogP contribution is -2.40. The lowest BCUT2D eigenvalue weighted by molar-refractivity contribution is -0.157. The maximum absolute atomic E-state index is 12.5. The predicted molar refractivity (Wildman–Crippen MR) is 88.5 cm³/mol. The molecule has 1 amide bonds. The summed E-state index contributed by atoms with van der Waals surface area (Å²) in [6.07, 6.45) is -8.81. The van der Waals surface area contributed by atoms with E-state index in [1.165, 1.54) is 0 Å². The van der Waals surface area contributed by atoms with E-state index >= 15 is 0 Å². The Morgan fingerprint density at radius 2 is 1.93 bits per heavy atom. The molecule has 1 heterocycles. The summed E-state index contributed by atoms with van der Waals surface area (Å²) in [7, 11) is 1.02. The molecule has 0 aliphatic rings. The Kier molecular flexibility index (Phi) is 8.31. The Bertz CT molecular complexity index is 643. The van der Waals surface area contributed by atoms with E-state index in [0.29, 0.717) is 11.4 Å². The molecular formula is C14H19F6N5OS. The van der Waals surface area contributed by atoms with Gasteiger partial charge in [-0.05, 0) is 6.92 Å². The largest absolute Gasteiger partial charge is 0.434 e. The van der Waals surface area contributed by atoms with Gasteiger partial charge in [0.15, 0.2) is 11.7 Å². The molecule has 0 aliphatic heterocycles. The predicted octanol–water partition coefficient (Wildman–Crippen LogP) is 2.28. The number of halogens is 6. The number of thiazole rings is 1. The van der Waals surface area contributed by atoms with E-state index in [1.54, 1.807) is 6.92 Å². The zero-order valence-corrected chi connectivity index (χ0v) is 15.4. The summed E-state index contributed by atoms with van der Waals surface area (Å²) in [5.41, 5.74) is -0.957. The number of nitrogens with one attached hydrogen (secondary N) is 2. The maximum atomic E-state index is 12.5. The van der Waals surface area contributed by atoms with Crippen molar-refractivity contribution in [2.75, 3.05) is 33.2 Å². The molecule has 1 aromatic heterocycles. The van der Waals surface area contributed by atoms with Crippen LogP contribution < -0.4 is 10.6 Å². The Morgan fingerprint density at radius 3 is 2.44 bits per heavy atom. The van der Waals surface area contributed by atoms with Crippen LogP contribution in [-0.4, -0.2) is 61.2 Å². The third kappa shape index (κ3) is 8.93. The second kappa shape index (κ2) is 9.76. The fourth-order valence-electron chi connectivity index (χ4n) is 1.81. The summed E-state index contributed by atoms with van der Waals surface area (Å²) in [5, 5.41) is 6.77. The van der Waals surface area contributed by atoms with Gasteiger partial charge in [-0.3, -0.25) is 4.79 Å². The van der Waals surface area contributed by atoms with Gasteiger partial charge in [-0.1, -0.05) is 0 Å². The van der Waals surface area contributed by atoms with Crippen molar-refractivity contribution in [3.05, 3.63) is 16.1 Å². The number of carbonyl (C=O) groups is 1. The number of aliphatic imine (C=N–C) groups is 1. The van der Waals surface area contributed by atoms with Crippen LogP contribution in [-0.2, 0) is 17.4 Å². The zero-order chi connectivity index (χ0) is 20.7. The number of alkyl halides is 6. The van der Waals surface area contributed by atoms with Gasteiger partial charge in [-0.2, -0.15) is 26.3 Å². The van der Waals surface area contributed by atoms with Crippen molar-refractivity contribution in [2.45, 2.75) is 25.7 Å². The van der Waals surface area contributed by atoms with Gasteiger partial charge in [0.1, 0.15) is 13.1 Å². The number of carbonyl (C=O) groups excluding carboxylic acids is 1. The Hall–Kier alpha value is -2.05. The molecule has 0 spiro atoms. The number of guanidine groups is 1. The van der Waals surface area contributed by atoms with E-state index in [1.807, 2.05) is 0 Å². The van der Waals surface area contributed by atoms with Crippen molar-refractivity contribution in [1.29, 1.82) is 0 Å². The SMILES string of the molecule is CCNC(=NCC(=O)N(C)CC(F)(F)F)NCCc1nc(C(F)(F)F)cs1. The topological polar surface area (TPSA) is 69.6 Å². The van der Waals surface area contributed by atoms with Crippen molar-refractivity contribution in [2.24, 2.45) is 4.99 Å². The molecule has 0 atom stereocenters. The lowest BCUT2D eigenvalue weighted by atomic mass is 10.4. The Morgan fingerprint density at radius 1 is 1.26 bits per heavy atom. The van der Waals surface area contributed by atoms with Crippen LogP contribution in [0.25, 0.3) is 0 Å². The van der Waals surface area contributed by atoms with E-state index < -0.39 is 37.0 Å². The van der Waals surface area contributed by atoms with Crippen molar-refractivity contribution in [1.82, 2.24) is 20.5 Å². The highest BCUT2D eigenvalue weighted by Gasteiger charge is 2.33. The van der Waals surface area contributed by atoms with Crippen LogP contribution in [0.1, 0.15) is 17.6 Å². The number of nitrogens with zero attached hydrogens (tertiary/aromatic N) is 3. The Balaban J connectivity index is 2.54. The summed E-state index contributed by atoms with van der Waals surface area (Å²) in [6.45, 7) is 0.469. The maximum Gasteiger partial charge on any atom is 0.434 e. The van der Waals surface area contributed by atoms with Gasteiger partial charge in [0.05, 0.1) is 5.01 Å². The molecule has 6 nitrogen and oxygen atoms in total. The van der Waals surface area contributed by atoms with Crippen LogP contribution in [0.3, 0.4) is 0 Å². The van der Waals surface area contributed by atoms with E-state index in [2.05, 4.69) is 20.6 Å². The molecule has 2 N–H and O–H groups in total. The number of hydrogen-bond acceptors (Lipinski definition) is 4. The van der Waals surface area contributed by atoms with E-state index in [4.69, 9.17) is 0 Å². The first kappa shape index (κ1) is 23.0. The summed E-state index contributed by atoms with van der Waals surface area (Å²) in [5.74, 6) is -0.655. The first-order valence-electron chi connectivity index (χ1n) is 7.77. The number of likely N-dealkylation sites (N-methyl/N-ethyl adjacent to an activating group) is 1. The van der Waals surface area contributed by atoms with Gasteiger partial charge in [-0.25, -0.2) is 9.98 Å². The smallest absolute Gasteiger partial charge is 0.357 e. The summed E-state index contributed by atoms with van der Waals surface area (Å²) >= 11 is 0.870. The molecule has 13 heteroatoms. The highest BCUT2D eigenvalue weighted by atomic mass is 32.1. The van der Waals surface area contributed by atoms with Crippen LogP contribution >= 0.6 is 11.3 Å². The van der Waals surface area contributed by atoms with Crippen LogP contribution in [0, 0.1) is 0 Å². The highest BCUT2D eigenvalue weighted by Crippen LogP contribution is 2.29. The minimum Gasteiger partial charge on any atom is -0.357 e. The molecule has 154 valence electrons. The summed E-state index contributed by atoms with van der Waals surface area (Å²) in [4.78, 5) is 19.5. The highest BCUT2D eigenvalue weighted by molar-refractivity contribution is 7.09. The van der Waals surface area contributed by atoms with Crippen LogP contribution in [0.15, 0.2) is 10.4 Å². The van der Waals surface area contributed by atoms with Crippen molar-refractivity contribution in [3.63, 3.8) is 0 Å². The second-order valence-electron chi connectivity index (χ2n) is 5.36. The third-order valence-corrected chi connectivity index (χ3v) is 3.94.